The number of para-hydroxylation sites is 1. The number of nitrogens with one attached hydrogen (secondary N) is 2. The van der Waals surface area contributed by atoms with E-state index in [9.17, 15) is 9.59 Å². The fraction of sp³-hybridized carbons (Fsp3) is 0.327. The Morgan fingerprint density at radius 1 is 0.742 bits per heavy atom. The van der Waals surface area contributed by atoms with Crippen LogP contribution in [0.2, 0.25) is 5.02 Å². The van der Waals surface area contributed by atoms with Crippen LogP contribution >= 0.6 is 11.6 Å². The third-order valence-electron chi connectivity index (χ3n) is 13.2. The van der Waals surface area contributed by atoms with Gasteiger partial charge in [0.15, 0.2) is 5.58 Å². The van der Waals surface area contributed by atoms with Gasteiger partial charge in [-0.3, -0.25) is 9.59 Å². The number of halogens is 1. The molecule has 66 heavy (non-hydrogen) atoms. The highest BCUT2D eigenvalue weighted by molar-refractivity contribution is 6.31. The van der Waals surface area contributed by atoms with E-state index >= 15 is 0 Å². The van der Waals surface area contributed by atoms with Crippen LogP contribution < -0.4 is 10.6 Å². The van der Waals surface area contributed by atoms with E-state index in [2.05, 4.69) is 50.7 Å². The summed E-state index contributed by atoms with van der Waals surface area (Å²) in [4.78, 5) is 50.5. The molecule has 336 valence electrons. The van der Waals surface area contributed by atoms with Crippen molar-refractivity contribution in [3.8, 4) is 11.4 Å². The van der Waals surface area contributed by atoms with Gasteiger partial charge in [0.2, 0.25) is 5.95 Å². The van der Waals surface area contributed by atoms with Gasteiger partial charge in [-0.15, -0.1) is 0 Å². The number of nitrogens with zero attached hydrogens (tertiary/aromatic N) is 11. The quantitative estimate of drug-likeness (QED) is 0.127. The molecule has 2 unspecified atom stereocenters. The topological polar surface area (TPSA) is 178 Å². The number of anilines is 2. The second-order valence-corrected chi connectivity index (χ2v) is 18.0. The van der Waals surface area contributed by atoms with Gasteiger partial charge in [-0.2, -0.15) is 35.0 Å². The largest absolute Gasteiger partial charge is 0.424 e. The molecule has 8 aromatic rings. The SMILES string of the molecule is Cc1ccc(-n2nccn2)c(C(=O)N2CCC(c3cnn(-c4ccccc4C(=O)N4CCC[C@@H](C)[C@H]4CNc4nc5cc(Cl)ccc5o4)n3)[C@@H](C)C2CNc2ncc3cc(C)ccc3n2)c1. The van der Waals surface area contributed by atoms with Crippen LogP contribution in [0.1, 0.15) is 76.6 Å². The summed E-state index contributed by atoms with van der Waals surface area (Å²) in [6.45, 7) is 10.3. The molecule has 2 fully saturated rings. The Bertz CT molecular complexity index is 3060. The fourth-order valence-electron chi connectivity index (χ4n) is 9.67. The Balaban J connectivity index is 0.913. The van der Waals surface area contributed by atoms with E-state index in [-0.39, 0.29) is 41.7 Å². The summed E-state index contributed by atoms with van der Waals surface area (Å²) < 4.78 is 5.95. The number of amides is 2. The summed E-state index contributed by atoms with van der Waals surface area (Å²) in [5, 5.41) is 27.0. The smallest absolute Gasteiger partial charge is 0.295 e. The van der Waals surface area contributed by atoms with Crippen molar-refractivity contribution in [3.05, 3.63) is 137 Å². The zero-order valence-electron chi connectivity index (χ0n) is 37.2. The van der Waals surface area contributed by atoms with Gasteiger partial charge in [-0.1, -0.05) is 60.8 Å². The third kappa shape index (κ3) is 8.43. The molecule has 2 N–H and O–H groups in total. The number of hydrogen-bond acceptors (Lipinski definition) is 12. The molecular weight excluding hydrogens is 854 g/mol. The number of piperidine rings is 2. The lowest BCUT2D eigenvalue weighted by molar-refractivity contribution is 0.0492. The van der Waals surface area contributed by atoms with Crippen molar-refractivity contribution in [2.75, 3.05) is 36.8 Å². The molecule has 5 atom stereocenters. The molecule has 2 saturated heterocycles. The van der Waals surface area contributed by atoms with Gasteiger partial charge in [0.05, 0.1) is 64.4 Å². The number of likely N-dealkylation sites (tertiary alicyclic amines) is 2. The monoisotopic (exact) mass is 903 g/mol. The summed E-state index contributed by atoms with van der Waals surface area (Å²) in [6, 6.07) is 24.6. The number of aryl methyl sites for hydroxylation is 2. The Labute approximate surface area is 386 Å². The predicted octanol–water partition coefficient (Wildman–Crippen LogP) is 8.30. The molecule has 0 spiro atoms. The molecule has 2 aliphatic rings. The third-order valence-corrected chi connectivity index (χ3v) is 13.5. The summed E-state index contributed by atoms with van der Waals surface area (Å²) in [5.41, 5.74) is 7.24. The van der Waals surface area contributed by atoms with Crippen molar-refractivity contribution in [3.63, 3.8) is 0 Å². The fourth-order valence-corrected chi connectivity index (χ4v) is 9.84. The summed E-state index contributed by atoms with van der Waals surface area (Å²) in [7, 11) is 0. The van der Waals surface area contributed by atoms with E-state index in [1.807, 2.05) is 84.4 Å². The first-order valence-corrected chi connectivity index (χ1v) is 22.8. The number of hydrogen-bond donors (Lipinski definition) is 2. The van der Waals surface area contributed by atoms with Crippen molar-refractivity contribution in [2.24, 2.45) is 11.8 Å². The number of carbonyl (C=O) groups excluding carboxylic acids is 2. The minimum absolute atomic E-state index is 0.0657. The van der Waals surface area contributed by atoms with Crippen molar-refractivity contribution in [1.29, 1.82) is 0 Å². The maximum absolute atomic E-state index is 14.8. The van der Waals surface area contributed by atoms with Crippen molar-refractivity contribution in [1.82, 2.24) is 54.7 Å². The molecular formula is C49H50ClN13O3. The molecule has 4 aromatic carbocycles. The van der Waals surface area contributed by atoms with E-state index in [1.165, 1.54) is 4.80 Å². The molecule has 0 bridgehead atoms. The number of benzene rings is 4. The zero-order chi connectivity index (χ0) is 45.5. The van der Waals surface area contributed by atoms with Crippen LogP contribution in [0.25, 0.3) is 33.4 Å². The lowest BCUT2D eigenvalue weighted by Gasteiger charge is -2.44. The Hall–Kier alpha value is -7.20. The highest BCUT2D eigenvalue weighted by Crippen LogP contribution is 2.38. The Kier molecular flexibility index (Phi) is 11.7. The first kappa shape index (κ1) is 42.7. The van der Waals surface area contributed by atoms with Gasteiger partial charge < -0.3 is 24.9 Å². The average molecular weight is 904 g/mol. The van der Waals surface area contributed by atoms with Gasteiger partial charge in [-0.05, 0) is 99.5 Å². The van der Waals surface area contributed by atoms with Gasteiger partial charge >= 0.3 is 0 Å². The highest BCUT2D eigenvalue weighted by atomic mass is 35.5. The Morgan fingerprint density at radius 3 is 2.36 bits per heavy atom. The lowest BCUT2D eigenvalue weighted by atomic mass is 9.78. The molecule has 0 aliphatic carbocycles. The molecule has 17 heteroatoms. The predicted molar refractivity (Wildman–Crippen MR) is 252 cm³/mol. The maximum Gasteiger partial charge on any atom is 0.295 e. The van der Waals surface area contributed by atoms with Crippen LogP contribution in [-0.2, 0) is 0 Å². The van der Waals surface area contributed by atoms with Crippen LogP contribution in [0.15, 0.2) is 108 Å². The number of oxazole rings is 1. The molecule has 6 heterocycles. The normalized spacial score (nSPS) is 19.9. The number of rotatable bonds is 11. The molecule has 2 amide bonds. The van der Waals surface area contributed by atoms with Crippen LogP contribution in [-0.4, -0.2) is 105 Å². The molecule has 16 nitrogen and oxygen atoms in total. The van der Waals surface area contributed by atoms with E-state index in [0.717, 1.165) is 40.6 Å². The molecule has 4 aromatic heterocycles. The Morgan fingerprint density at radius 2 is 1.50 bits per heavy atom. The molecule has 2 aliphatic heterocycles. The van der Waals surface area contributed by atoms with E-state index in [0.29, 0.717) is 83.2 Å². The zero-order valence-corrected chi connectivity index (χ0v) is 37.9. The van der Waals surface area contributed by atoms with Gasteiger partial charge in [0.25, 0.3) is 17.8 Å². The second-order valence-electron chi connectivity index (χ2n) is 17.6. The van der Waals surface area contributed by atoms with Crippen molar-refractivity contribution >= 4 is 57.4 Å². The van der Waals surface area contributed by atoms with Gasteiger partial charge in [0.1, 0.15) is 5.52 Å². The number of carbonyl (C=O) groups is 2. The van der Waals surface area contributed by atoms with Crippen molar-refractivity contribution < 1.29 is 14.0 Å². The maximum atomic E-state index is 14.8. The standard InChI is InChI=1S/C49H50ClN13O3/c1-29-11-14-38-33(22-29)25-51-48(57-38)52-28-44-32(4)35(17-21-61(44)47(65)37-23-30(2)12-15-42(37)62-54-18-19-55-62)40-26-56-63(59-40)41-10-6-5-9-36(41)46(64)60-20-7-8-31(3)43(60)27-53-49-58-39-24-34(50)13-16-45(39)66-49/h5-6,9-16,18-19,22-26,31-32,35,43-44H,7-8,17,20-21,27-28H2,1-4H3,(H,53,58)(H,51,52,57)/t31-,32-,35?,43-,44?/m1/s1. The molecule has 10 rings (SSSR count). The van der Waals surface area contributed by atoms with Crippen LogP contribution in [0.4, 0.5) is 12.0 Å². The van der Waals surface area contributed by atoms with Crippen LogP contribution in [0, 0.1) is 25.7 Å². The first-order chi connectivity index (χ1) is 32.1. The van der Waals surface area contributed by atoms with E-state index in [1.54, 1.807) is 41.6 Å². The van der Waals surface area contributed by atoms with E-state index < -0.39 is 0 Å². The first-order valence-electron chi connectivity index (χ1n) is 22.5. The van der Waals surface area contributed by atoms with E-state index in [4.69, 9.17) is 31.2 Å². The lowest BCUT2D eigenvalue weighted by Crippen LogP contribution is -2.53. The van der Waals surface area contributed by atoms with Gasteiger partial charge in [-0.25, -0.2) is 9.97 Å². The minimum atomic E-state index is -0.300. The van der Waals surface area contributed by atoms with Crippen LogP contribution in [0.5, 0.6) is 0 Å². The average Bonchev–Trinajstić information content (AvgIpc) is 4.13. The summed E-state index contributed by atoms with van der Waals surface area (Å²) in [6.07, 6.45) is 9.35. The molecule has 0 saturated carbocycles. The minimum Gasteiger partial charge on any atom is -0.424 e. The van der Waals surface area contributed by atoms with Gasteiger partial charge in [0, 0.05) is 48.7 Å². The van der Waals surface area contributed by atoms with Crippen LogP contribution in [0.3, 0.4) is 0 Å². The number of aromatic nitrogens is 9. The molecule has 0 radical (unpaired) electrons. The second kappa shape index (κ2) is 18.0. The summed E-state index contributed by atoms with van der Waals surface area (Å²) >= 11 is 6.19. The highest BCUT2D eigenvalue weighted by Gasteiger charge is 2.41. The summed E-state index contributed by atoms with van der Waals surface area (Å²) in [5.74, 6) is 0.351. The van der Waals surface area contributed by atoms with Crippen molar-refractivity contribution in [2.45, 2.75) is 65.0 Å². The number of fused-ring (bicyclic) bond motifs is 2.